The molecule has 0 fully saturated rings. The molecule has 0 radical (unpaired) electrons. The Kier molecular flexibility index (Phi) is 1.02. The predicted molar refractivity (Wildman–Crippen MR) is 26.4 cm³/mol. The number of hydrogen-bond donors (Lipinski definition) is 2. The average molecular weight is 156 g/mol. The molecule has 0 amide bonds. The molecule has 2 rings (SSSR count). The molecule has 0 aliphatic rings. The van der Waals surface area contributed by atoms with Gasteiger partial charge in [0.25, 0.3) is 0 Å². The summed E-state index contributed by atoms with van der Waals surface area (Å²) in [5.74, 6) is -0.578. The van der Waals surface area contributed by atoms with Gasteiger partial charge in [-0.15, -0.1) is 0 Å². The average Bonchev–Trinajstić information content (AvgIpc) is 2.55. The van der Waals surface area contributed by atoms with Crippen LogP contribution < -0.4 is 10.6 Å². The van der Waals surface area contributed by atoms with Gasteiger partial charge >= 0.3 is 11.7 Å². The van der Waals surface area contributed by atoms with E-state index >= 15 is 0 Å². The van der Waals surface area contributed by atoms with Crippen molar-refractivity contribution in [3.8, 4) is 5.95 Å². The van der Waals surface area contributed by atoms with Gasteiger partial charge in [0, 0.05) is 15.1 Å². The van der Waals surface area contributed by atoms with E-state index in [0.29, 0.717) is 0 Å². The van der Waals surface area contributed by atoms with Gasteiger partial charge in [-0.1, -0.05) is 5.21 Å². The summed E-state index contributed by atoms with van der Waals surface area (Å²) in [6.45, 7) is 0. The minimum absolute atomic E-state index is 0.107. The van der Waals surface area contributed by atoms with Crippen LogP contribution in [0.2, 0.25) is 0 Å². The maximum atomic E-state index is 10.4. The summed E-state index contributed by atoms with van der Waals surface area (Å²) in [7, 11) is 0. The van der Waals surface area contributed by atoms with E-state index in [1.165, 1.54) is 0 Å². The topological polar surface area (TPSA) is 117 Å². The first-order valence-corrected chi connectivity index (χ1v) is 2.58. The molecule has 2 N–H and O–H groups in total. The van der Waals surface area contributed by atoms with Crippen molar-refractivity contribution in [3.05, 3.63) is 10.6 Å². The van der Waals surface area contributed by atoms with Gasteiger partial charge in [-0.05, 0) is 0 Å². The van der Waals surface area contributed by atoms with Gasteiger partial charge < -0.3 is 0 Å². The van der Waals surface area contributed by atoms with Crippen molar-refractivity contribution in [3.63, 3.8) is 0 Å². The Morgan fingerprint density at radius 1 is 1.55 bits per heavy atom. The van der Waals surface area contributed by atoms with Gasteiger partial charge in [-0.3, -0.25) is 4.52 Å². The maximum absolute atomic E-state index is 10.4. The Labute approximate surface area is 58.0 Å². The zero-order valence-corrected chi connectivity index (χ0v) is 5.05. The van der Waals surface area contributed by atoms with Gasteiger partial charge in [0.15, 0.2) is 0 Å². The molecule has 0 aliphatic carbocycles. The molecule has 0 aromatic carbocycles. The van der Waals surface area contributed by atoms with Crippen molar-refractivity contribution in [1.82, 2.24) is 31.0 Å². The van der Waals surface area contributed by atoms with Gasteiger partial charge in [0.05, 0.1) is 5.10 Å². The van der Waals surface area contributed by atoms with Crippen molar-refractivity contribution in [2.75, 3.05) is 0 Å². The normalized spacial score (nSPS) is 10.2. The molecule has 2 aromatic heterocycles. The van der Waals surface area contributed by atoms with Crippen LogP contribution in [0, 0.1) is 0 Å². The highest BCUT2D eigenvalue weighted by atomic mass is 16.5. The smallest absolute Gasteiger partial charge is 0.265 e. The third-order valence-corrected chi connectivity index (χ3v) is 0.926. The first-order chi connectivity index (χ1) is 5.36. The Balaban J connectivity index is 2.53. The quantitative estimate of drug-likeness (QED) is 0.429. The van der Waals surface area contributed by atoms with E-state index in [9.17, 15) is 4.79 Å². The minimum atomic E-state index is -0.685. The Bertz CT molecular complexity index is 382. The summed E-state index contributed by atoms with van der Waals surface area (Å²) in [5, 5.41) is 17.9. The zero-order valence-electron chi connectivity index (χ0n) is 5.05. The van der Waals surface area contributed by atoms with Crippen LogP contribution in [0.25, 0.3) is 5.95 Å². The largest absolute Gasteiger partial charge is 0.524 e. The SMILES string of the molecule is O=c1[nH][n+](-c2nn[nH]n2)no1. The number of tetrazole rings is 1. The van der Waals surface area contributed by atoms with Crippen LogP contribution in [-0.2, 0) is 0 Å². The molecule has 0 saturated heterocycles. The minimum Gasteiger partial charge on any atom is -0.265 e. The molecule has 56 valence electrons. The maximum Gasteiger partial charge on any atom is 0.524 e. The van der Waals surface area contributed by atoms with E-state index in [-0.39, 0.29) is 5.95 Å². The fourth-order valence-corrected chi connectivity index (χ4v) is 0.538. The number of rotatable bonds is 1. The molecular formula is C2H2N7O2+. The molecule has 0 unspecified atom stereocenters. The van der Waals surface area contributed by atoms with Crippen LogP contribution in [0.5, 0.6) is 0 Å². The highest BCUT2D eigenvalue weighted by Crippen LogP contribution is 1.71. The number of H-pyrrole nitrogens is 2. The fourth-order valence-electron chi connectivity index (χ4n) is 0.538. The van der Waals surface area contributed by atoms with Crippen LogP contribution in [0.4, 0.5) is 0 Å². The summed E-state index contributed by atoms with van der Waals surface area (Å²) >= 11 is 0. The lowest BCUT2D eigenvalue weighted by atomic mass is 11.1. The zero-order chi connectivity index (χ0) is 7.68. The number of nitrogens with one attached hydrogen (secondary N) is 2. The summed E-state index contributed by atoms with van der Waals surface area (Å²) in [5.41, 5.74) is 0. The fraction of sp³-hybridized carbons (Fsp3) is 0. The van der Waals surface area contributed by atoms with Crippen LogP contribution in [0.1, 0.15) is 0 Å². The standard InChI is InChI=1S/C2HN7O2/c10-2-5-9(8-11-2)1-3-6-7-4-1/h(H-,3,4,5,6,7,8,10)/p+1. The molecule has 0 atom stereocenters. The third kappa shape index (κ3) is 0.870. The molecular weight excluding hydrogens is 154 g/mol. The highest BCUT2D eigenvalue weighted by molar-refractivity contribution is 4.76. The Hall–Kier alpha value is -2.06. The Morgan fingerprint density at radius 3 is 3.00 bits per heavy atom. The third-order valence-electron chi connectivity index (χ3n) is 0.926. The van der Waals surface area contributed by atoms with E-state index < -0.39 is 5.76 Å². The first kappa shape index (κ1) is 5.70. The second-order valence-corrected chi connectivity index (χ2v) is 1.60. The molecule has 2 heterocycles. The van der Waals surface area contributed by atoms with Crippen molar-refractivity contribution >= 4 is 0 Å². The lowest BCUT2D eigenvalue weighted by Crippen LogP contribution is -2.39. The molecule has 0 aliphatic heterocycles. The molecule has 9 heteroatoms. The second kappa shape index (κ2) is 1.97. The van der Waals surface area contributed by atoms with Crippen LogP contribution in [0.3, 0.4) is 0 Å². The van der Waals surface area contributed by atoms with Gasteiger partial charge in [0.1, 0.15) is 5.27 Å². The summed E-state index contributed by atoms with van der Waals surface area (Å²) in [6.07, 6.45) is 0. The monoisotopic (exact) mass is 156 g/mol. The molecule has 2 aromatic rings. The van der Waals surface area contributed by atoms with Gasteiger partial charge in [-0.2, -0.15) is 5.10 Å². The first-order valence-electron chi connectivity index (χ1n) is 2.58. The summed E-state index contributed by atoms with van der Waals surface area (Å²) in [4.78, 5) is 11.3. The van der Waals surface area contributed by atoms with Gasteiger partial charge in [-0.25, -0.2) is 4.79 Å². The van der Waals surface area contributed by atoms with E-state index in [1.54, 1.807) is 0 Å². The second-order valence-electron chi connectivity index (χ2n) is 1.60. The molecule has 11 heavy (non-hydrogen) atoms. The summed E-state index contributed by atoms with van der Waals surface area (Å²) < 4.78 is 4.17. The van der Waals surface area contributed by atoms with E-state index in [0.717, 1.165) is 4.80 Å². The number of aromatic amines is 2. The van der Waals surface area contributed by atoms with Crippen molar-refractivity contribution in [2.45, 2.75) is 0 Å². The van der Waals surface area contributed by atoms with Gasteiger partial charge in [0.2, 0.25) is 0 Å². The highest BCUT2D eigenvalue weighted by Gasteiger charge is 2.15. The molecule has 0 bridgehead atoms. The van der Waals surface area contributed by atoms with E-state index in [4.69, 9.17) is 0 Å². The van der Waals surface area contributed by atoms with Crippen LogP contribution >= 0.6 is 0 Å². The lowest BCUT2D eigenvalue weighted by molar-refractivity contribution is -0.731. The number of hydrogen-bond acceptors (Lipinski definition) is 6. The molecule has 9 nitrogen and oxygen atoms in total. The number of nitrogens with zero attached hydrogens (tertiary/aromatic N) is 5. The summed E-state index contributed by atoms with van der Waals surface area (Å²) in [6, 6.07) is 0. The van der Waals surface area contributed by atoms with Crippen molar-refractivity contribution < 1.29 is 9.32 Å². The predicted octanol–water partition coefficient (Wildman–Crippen LogP) is -2.85. The Morgan fingerprint density at radius 2 is 2.45 bits per heavy atom. The molecule has 0 spiro atoms. The molecule has 0 saturated carbocycles. The lowest BCUT2D eigenvalue weighted by Gasteiger charge is -1.70. The van der Waals surface area contributed by atoms with Crippen LogP contribution in [0.15, 0.2) is 9.32 Å². The van der Waals surface area contributed by atoms with Crippen molar-refractivity contribution in [1.29, 1.82) is 0 Å². The van der Waals surface area contributed by atoms with Crippen molar-refractivity contribution in [2.24, 2.45) is 0 Å². The van der Waals surface area contributed by atoms with E-state index in [1.807, 2.05) is 0 Å². The van der Waals surface area contributed by atoms with Crippen LogP contribution in [-0.4, -0.2) is 31.0 Å². The number of aromatic nitrogens is 7. The van der Waals surface area contributed by atoms with E-state index in [2.05, 4.69) is 35.5 Å².